The zero-order chi connectivity index (χ0) is 12.0. The number of rotatable bonds is 6. The summed E-state index contributed by atoms with van der Waals surface area (Å²) in [6, 6.07) is 3.96. The van der Waals surface area contributed by atoms with Crippen molar-refractivity contribution in [3.05, 3.63) is 24.2 Å². The molecule has 1 aromatic heterocycles. The van der Waals surface area contributed by atoms with Crippen molar-refractivity contribution in [3.8, 4) is 0 Å². The SMILES string of the molecule is CC(Cc1ccco1)NCC(=O)OC(C)C. The third kappa shape index (κ3) is 4.98. The zero-order valence-corrected chi connectivity index (χ0v) is 10.0. The van der Waals surface area contributed by atoms with Crippen LogP contribution in [0.5, 0.6) is 0 Å². The molecule has 0 saturated carbocycles. The molecule has 0 aliphatic rings. The summed E-state index contributed by atoms with van der Waals surface area (Å²) in [4.78, 5) is 11.3. The first-order valence-corrected chi connectivity index (χ1v) is 5.53. The predicted molar refractivity (Wildman–Crippen MR) is 61.1 cm³/mol. The number of hydrogen-bond donors (Lipinski definition) is 1. The highest BCUT2D eigenvalue weighted by atomic mass is 16.5. The fourth-order valence-corrected chi connectivity index (χ4v) is 1.36. The molecule has 4 heteroatoms. The Hall–Kier alpha value is -1.29. The van der Waals surface area contributed by atoms with Gasteiger partial charge in [0, 0.05) is 12.5 Å². The van der Waals surface area contributed by atoms with Gasteiger partial charge in [-0.1, -0.05) is 0 Å². The fourth-order valence-electron chi connectivity index (χ4n) is 1.36. The minimum Gasteiger partial charge on any atom is -0.469 e. The second-order valence-corrected chi connectivity index (χ2v) is 4.10. The van der Waals surface area contributed by atoms with Crippen molar-refractivity contribution in [1.82, 2.24) is 5.32 Å². The van der Waals surface area contributed by atoms with Crippen molar-refractivity contribution in [3.63, 3.8) is 0 Å². The van der Waals surface area contributed by atoms with Crippen LogP contribution >= 0.6 is 0 Å². The maximum absolute atomic E-state index is 11.3. The molecule has 1 atom stereocenters. The minimum absolute atomic E-state index is 0.0605. The van der Waals surface area contributed by atoms with Gasteiger partial charge in [0.15, 0.2) is 0 Å². The molecule has 0 spiro atoms. The van der Waals surface area contributed by atoms with E-state index in [-0.39, 0.29) is 24.7 Å². The maximum atomic E-state index is 11.3. The van der Waals surface area contributed by atoms with E-state index in [0.717, 1.165) is 12.2 Å². The van der Waals surface area contributed by atoms with Gasteiger partial charge >= 0.3 is 5.97 Å². The van der Waals surface area contributed by atoms with Gasteiger partial charge in [-0.25, -0.2) is 0 Å². The highest BCUT2D eigenvalue weighted by molar-refractivity contribution is 5.71. The lowest BCUT2D eigenvalue weighted by atomic mass is 10.2. The number of carbonyl (C=O) groups is 1. The second kappa shape index (κ2) is 6.33. The van der Waals surface area contributed by atoms with E-state index in [1.54, 1.807) is 6.26 Å². The average Bonchev–Trinajstić information content (AvgIpc) is 2.66. The molecule has 0 saturated heterocycles. The van der Waals surface area contributed by atoms with Crippen molar-refractivity contribution < 1.29 is 13.9 Å². The number of carbonyl (C=O) groups excluding carboxylic acids is 1. The smallest absolute Gasteiger partial charge is 0.320 e. The van der Waals surface area contributed by atoms with Crippen LogP contribution in [0.2, 0.25) is 0 Å². The molecule has 1 unspecified atom stereocenters. The van der Waals surface area contributed by atoms with Gasteiger partial charge in [0.1, 0.15) is 5.76 Å². The monoisotopic (exact) mass is 225 g/mol. The van der Waals surface area contributed by atoms with Crippen molar-refractivity contribution in [2.75, 3.05) is 6.54 Å². The molecule has 90 valence electrons. The van der Waals surface area contributed by atoms with Crippen LogP contribution in [-0.4, -0.2) is 24.7 Å². The van der Waals surface area contributed by atoms with Crippen LogP contribution in [-0.2, 0) is 16.0 Å². The van der Waals surface area contributed by atoms with Gasteiger partial charge in [-0.05, 0) is 32.9 Å². The molecule has 0 fully saturated rings. The topological polar surface area (TPSA) is 51.5 Å². The van der Waals surface area contributed by atoms with Gasteiger partial charge < -0.3 is 14.5 Å². The van der Waals surface area contributed by atoms with Crippen molar-refractivity contribution >= 4 is 5.97 Å². The van der Waals surface area contributed by atoms with E-state index in [0.29, 0.717) is 0 Å². The fraction of sp³-hybridized carbons (Fsp3) is 0.583. The standard InChI is InChI=1S/C12H19NO3/c1-9(2)16-12(14)8-13-10(3)7-11-5-4-6-15-11/h4-6,9-10,13H,7-8H2,1-3H3. The van der Waals surface area contributed by atoms with Gasteiger partial charge in [-0.3, -0.25) is 4.79 Å². The summed E-state index contributed by atoms with van der Waals surface area (Å²) in [7, 11) is 0. The maximum Gasteiger partial charge on any atom is 0.320 e. The molecule has 1 N–H and O–H groups in total. The van der Waals surface area contributed by atoms with Crippen LogP contribution in [0.15, 0.2) is 22.8 Å². The Morgan fingerprint density at radius 1 is 1.50 bits per heavy atom. The van der Waals surface area contributed by atoms with Crippen LogP contribution in [0.3, 0.4) is 0 Å². The summed E-state index contributed by atoms with van der Waals surface area (Å²) >= 11 is 0. The first-order valence-electron chi connectivity index (χ1n) is 5.53. The lowest BCUT2D eigenvalue weighted by Crippen LogP contribution is -2.34. The van der Waals surface area contributed by atoms with Crippen LogP contribution in [0, 0.1) is 0 Å². The molecular formula is C12H19NO3. The normalized spacial score (nSPS) is 12.8. The van der Waals surface area contributed by atoms with Gasteiger partial charge in [-0.15, -0.1) is 0 Å². The van der Waals surface area contributed by atoms with E-state index in [2.05, 4.69) is 5.32 Å². The van der Waals surface area contributed by atoms with Gasteiger partial charge in [0.25, 0.3) is 0 Å². The molecule has 4 nitrogen and oxygen atoms in total. The Kier molecular flexibility index (Phi) is 5.05. The molecule has 1 aromatic rings. The third-order valence-corrected chi connectivity index (χ3v) is 2.05. The largest absolute Gasteiger partial charge is 0.469 e. The first-order chi connectivity index (χ1) is 7.58. The number of esters is 1. The van der Waals surface area contributed by atoms with Gasteiger partial charge in [-0.2, -0.15) is 0 Å². The van der Waals surface area contributed by atoms with E-state index < -0.39 is 0 Å². The van der Waals surface area contributed by atoms with Crippen LogP contribution < -0.4 is 5.32 Å². The summed E-state index contributed by atoms with van der Waals surface area (Å²) < 4.78 is 10.2. The molecule has 0 aliphatic carbocycles. The van der Waals surface area contributed by atoms with E-state index in [1.165, 1.54) is 0 Å². The quantitative estimate of drug-likeness (QED) is 0.749. The lowest BCUT2D eigenvalue weighted by molar-refractivity contribution is -0.146. The Bertz CT molecular complexity index is 306. The molecule has 0 aliphatic heterocycles. The van der Waals surface area contributed by atoms with E-state index in [1.807, 2.05) is 32.9 Å². The minimum atomic E-state index is -0.221. The number of hydrogen-bond acceptors (Lipinski definition) is 4. The van der Waals surface area contributed by atoms with Gasteiger partial charge in [0.2, 0.25) is 0 Å². The molecule has 0 amide bonds. The highest BCUT2D eigenvalue weighted by Crippen LogP contribution is 2.03. The Balaban J connectivity index is 2.20. The lowest BCUT2D eigenvalue weighted by Gasteiger charge is -2.13. The van der Waals surface area contributed by atoms with Crippen LogP contribution in [0.25, 0.3) is 0 Å². The van der Waals surface area contributed by atoms with Crippen LogP contribution in [0.4, 0.5) is 0 Å². The highest BCUT2D eigenvalue weighted by Gasteiger charge is 2.09. The number of nitrogens with one attached hydrogen (secondary N) is 1. The number of ether oxygens (including phenoxy) is 1. The Morgan fingerprint density at radius 3 is 2.81 bits per heavy atom. The summed E-state index contributed by atoms with van der Waals surface area (Å²) in [5.41, 5.74) is 0. The Labute approximate surface area is 96.0 Å². The molecule has 1 rings (SSSR count). The van der Waals surface area contributed by atoms with Crippen molar-refractivity contribution in [2.24, 2.45) is 0 Å². The summed E-state index contributed by atoms with van der Waals surface area (Å²) in [5, 5.41) is 3.09. The first kappa shape index (κ1) is 12.8. The molecule has 16 heavy (non-hydrogen) atoms. The average molecular weight is 225 g/mol. The molecule has 0 radical (unpaired) electrons. The molecule has 0 aromatic carbocycles. The number of furan rings is 1. The molecule has 0 bridgehead atoms. The van der Waals surface area contributed by atoms with Crippen LogP contribution in [0.1, 0.15) is 26.5 Å². The predicted octanol–water partition coefficient (Wildman–Crippen LogP) is 1.75. The molecule has 1 heterocycles. The van der Waals surface area contributed by atoms with E-state index >= 15 is 0 Å². The summed E-state index contributed by atoms with van der Waals surface area (Å²) in [6.07, 6.45) is 2.35. The van der Waals surface area contributed by atoms with Crippen molar-refractivity contribution in [1.29, 1.82) is 0 Å². The summed E-state index contributed by atoms with van der Waals surface area (Å²) in [5.74, 6) is 0.693. The second-order valence-electron chi connectivity index (χ2n) is 4.10. The molecular weight excluding hydrogens is 206 g/mol. The third-order valence-electron chi connectivity index (χ3n) is 2.05. The van der Waals surface area contributed by atoms with E-state index in [9.17, 15) is 4.79 Å². The summed E-state index contributed by atoms with van der Waals surface area (Å²) in [6.45, 7) is 5.92. The van der Waals surface area contributed by atoms with Gasteiger partial charge in [0.05, 0.1) is 18.9 Å². The zero-order valence-electron chi connectivity index (χ0n) is 10.0. The van der Waals surface area contributed by atoms with E-state index in [4.69, 9.17) is 9.15 Å². The van der Waals surface area contributed by atoms with Crippen molar-refractivity contribution in [2.45, 2.75) is 39.3 Å². The Morgan fingerprint density at radius 2 is 2.25 bits per heavy atom.